The van der Waals surface area contributed by atoms with Crippen molar-refractivity contribution < 1.29 is 0 Å². The smallest absolute Gasteiger partial charge is 0.00686 e. The first kappa shape index (κ1) is 9.27. The highest BCUT2D eigenvalue weighted by molar-refractivity contribution is 7.80. The fourth-order valence-electron chi connectivity index (χ4n) is 0.798. The highest BCUT2D eigenvalue weighted by Crippen LogP contribution is 2.07. The molecule has 56 valence electrons. The summed E-state index contributed by atoms with van der Waals surface area (Å²) in [6, 6.07) is 0. The minimum absolute atomic E-state index is 0.628. The lowest BCUT2D eigenvalue weighted by atomic mass is 10.0. The lowest BCUT2D eigenvalue weighted by Gasteiger charge is -2.09. The van der Waals surface area contributed by atoms with E-state index >= 15 is 0 Å². The van der Waals surface area contributed by atoms with Crippen molar-refractivity contribution in [1.29, 1.82) is 0 Å². The molecule has 0 rings (SSSR count). The number of hydrogen-bond acceptors (Lipinski definition) is 3. The fraction of sp³-hybridized carbons (Fsp3) is 1.00. The predicted molar refractivity (Wildman–Crippen MR) is 44.7 cm³/mol. The van der Waals surface area contributed by atoms with Crippen molar-refractivity contribution in [2.24, 2.45) is 17.4 Å². The van der Waals surface area contributed by atoms with E-state index in [1.807, 2.05) is 0 Å². The monoisotopic (exact) mass is 148 g/mol. The van der Waals surface area contributed by atoms with E-state index in [1.54, 1.807) is 0 Å². The van der Waals surface area contributed by atoms with Crippen LogP contribution in [0.25, 0.3) is 0 Å². The van der Waals surface area contributed by atoms with Gasteiger partial charge in [0.05, 0.1) is 0 Å². The Morgan fingerprint density at radius 1 is 1.11 bits per heavy atom. The van der Waals surface area contributed by atoms with E-state index in [0.717, 1.165) is 31.7 Å². The average molecular weight is 148 g/mol. The molecule has 0 spiro atoms. The van der Waals surface area contributed by atoms with E-state index < -0.39 is 0 Å². The van der Waals surface area contributed by atoms with Crippen molar-refractivity contribution in [1.82, 2.24) is 0 Å². The van der Waals surface area contributed by atoms with E-state index in [1.165, 1.54) is 0 Å². The maximum Gasteiger partial charge on any atom is -0.00686 e. The first-order chi connectivity index (χ1) is 4.35. The van der Waals surface area contributed by atoms with Crippen molar-refractivity contribution in [3.63, 3.8) is 0 Å². The fourth-order valence-corrected chi connectivity index (χ4v) is 1.16. The summed E-state index contributed by atoms with van der Waals surface area (Å²) in [4.78, 5) is 0. The molecule has 0 aliphatic rings. The van der Waals surface area contributed by atoms with Crippen LogP contribution in [0.2, 0.25) is 0 Å². The summed E-state index contributed by atoms with van der Waals surface area (Å²) < 4.78 is 0. The number of rotatable bonds is 5. The van der Waals surface area contributed by atoms with Crippen molar-refractivity contribution in [2.75, 3.05) is 18.8 Å². The molecule has 0 amide bonds. The second kappa shape index (κ2) is 6.39. The predicted octanol–water partition coefficient (Wildman–Crippen LogP) is 0.230. The molecule has 0 bridgehead atoms. The van der Waals surface area contributed by atoms with Gasteiger partial charge in [-0.25, -0.2) is 0 Å². The molecule has 0 saturated heterocycles. The van der Waals surface area contributed by atoms with Crippen molar-refractivity contribution >= 4 is 12.6 Å². The Labute approximate surface area is 62.4 Å². The zero-order valence-corrected chi connectivity index (χ0v) is 6.61. The summed E-state index contributed by atoms with van der Waals surface area (Å²) in [5.41, 5.74) is 10.7. The Morgan fingerprint density at radius 3 is 1.78 bits per heavy atom. The van der Waals surface area contributed by atoms with Gasteiger partial charge in [0.25, 0.3) is 0 Å². The average Bonchev–Trinajstić information content (AvgIpc) is 1.88. The molecular weight excluding hydrogens is 132 g/mol. The van der Waals surface area contributed by atoms with Gasteiger partial charge < -0.3 is 11.5 Å². The molecule has 0 saturated carbocycles. The molecule has 0 fully saturated rings. The zero-order chi connectivity index (χ0) is 7.11. The van der Waals surface area contributed by atoms with Gasteiger partial charge in [0.15, 0.2) is 0 Å². The Kier molecular flexibility index (Phi) is 6.58. The Morgan fingerprint density at radius 2 is 1.56 bits per heavy atom. The largest absolute Gasteiger partial charge is 0.330 e. The van der Waals surface area contributed by atoms with Crippen LogP contribution in [0.3, 0.4) is 0 Å². The topological polar surface area (TPSA) is 52.0 Å². The molecule has 9 heavy (non-hydrogen) atoms. The summed E-state index contributed by atoms with van der Waals surface area (Å²) in [5.74, 6) is 1.54. The van der Waals surface area contributed by atoms with Crippen LogP contribution in [-0.4, -0.2) is 18.8 Å². The van der Waals surface area contributed by atoms with Gasteiger partial charge in [-0.05, 0) is 37.6 Å². The Hall–Kier alpha value is 0.270. The van der Waals surface area contributed by atoms with E-state index in [4.69, 9.17) is 11.5 Å². The van der Waals surface area contributed by atoms with Crippen molar-refractivity contribution in [3.8, 4) is 0 Å². The molecule has 0 aliphatic carbocycles. The van der Waals surface area contributed by atoms with Crippen LogP contribution < -0.4 is 11.5 Å². The first-order valence-corrected chi connectivity index (χ1v) is 3.99. The maximum atomic E-state index is 5.36. The lowest BCUT2D eigenvalue weighted by molar-refractivity contribution is 0.516. The summed E-state index contributed by atoms with van der Waals surface area (Å²) >= 11 is 4.17. The Bertz CT molecular complexity index is 53.0. The third-order valence-corrected chi connectivity index (χ3v) is 1.92. The Balaban J connectivity index is 3.18. The van der Waals surface area contributed by atoms with Crippen LogP contribution in [0.15, 0.2) is 0 Å². The minimum atomic E-state index is 0.628. The third-order valence-electron chi connectivity index (χ3n) is 1.41. The van der Waals surface area contributed by atoms with E-state index in [-0.39, 0.29) is 0 Å². The van der Waals surface area contributed by atoms with Crippen LogP contribution in [-0.2, 0) is 0 Å². The molecule has 0 heterocycles. The second-order valence-corrected chi connectivity index (χ2v) is 2.57. The van der Waals surface area contributed by atoms with Gasteiger partial charge in [0.2, 0.25) is 0 Å². The molecule has 0 radical (unpaired) electrons. The van der Waals surface area contributed by atoms with E-state index in [0.29, 0.717) is 5.92 Å². The molecule has 0 aromatic rings. The quantitative estimate of drug-likeness (QED) is 0.489. The summed E-state index contributed by atoms with van der Waals surface area (Å²) in [6.45, 7) is 1.51. The minimum Gasteiger partial charge on any atom is -0.330 e. The van der Waals surface area contributed by atoms with Gasteiger partial charge in [0, 0.05) is 0 Å². The molecule has 0 atom stereocenters. The van der Waals surface area contributed by atoms with Crippen molar-refractivity contribution in [3.05, 3.63) is 0 Å². The van der Waals surface area contributed by atoms with Crippen molar-refractivity contribution in [2.45, 2.75) is 12.8 Å². The molecule has 0 aromatic carbocycles. The molecule has 2 nitrogen and oxygen atoms in total. The lowest BCUT2D eigenvalue weighted by Crippen LogP contribution is -2.14. The van der Waals surface area contributed by atoms with Gasteiger partial charge in [-0.1, -0.05) is 0 Å². The summed E-state index contributed by atoms with van der Waals surface area (Å²) in [6.07, 6.45) is 2.11. The number of nitrogens with two attached hydrogens (primary N) is 2. The van der Waals surface area contributed by atoms with Gasteiger partial charge in [-0.2, -0.15) is 12.6 Å². The van der Waals surface area contributed by atoms with Gasteiger partial charge >= 0.3 is 0 Å². The summed E-state index contributed by atoms with van der Waals surface area (Å²) in [7, 11) is 0. The van der Waals surface area contributed by atoms with Crippen LogP contribution in [0.4, 0.5) is 0 Å². The van der Waals surface area contributed by atoms with E-state index in [2.05, 4.69) is 12.6 Å². The molecule has 0 aromatic heterocycles. The summed E-state index contributed by atoms with van der Waals surface area (Å²) in [5, 5.41) is 0. The van der Waals surface area contributed by atoms with Crippen LogP contribution in [0.1, 0.15) is 12.8 Å². The SMILES string of the molecule is NCCC(CS)CCN. The van der Waals surface area contributed by atoms with Crippen LogP contribution >= 0.6 is 12.6 Å². The zero-order valence-electron chi connectivity index (χ0n) is 5.71. The maximum absolute atomic E-state index is 5.36. The normalized spacial score (nSPS) is 10.7. The number of thiol groups is 1. The molecule has 3 heteroatoms. The van der Waals surface area contributed by atoms with Crippen LogP contribution in [0.5, 0.6) is 0 Å². The van der Waals surface area contributed by atoms with E-state index in [9.17, 15) is 0 Å². The standard InChI is InChI=1S/C6H16N2S/c7-3-1-6(5-9)2-4-8/h6,9H,1-5,7-8H2. The van der Waals surface area contributed by atoms with Gasteiger partial charge in [-0.3, -0.25) is 0 Å². The van der Waals surface area contributed by atoms with Gasteiger partial charge in [0.1, 0.15) is 0 Å². The highest BCUT2D eigenvalue weighted by Gasteiger charge is 2.02. The first-order valence-electron chi connectivity index (χ1n) is 3.36. The third kappa shape index (κ3) is 4.75. The molecule has 0 unspecified atom stereocenters. The van der Waals surface area contributed by atoms with Gasteiger partial charge in [-0.15, -0.1) is 0 Å². The van der Waals surface area contributed by atoms with Crippen LogP contribution in [0, 0.1) is 5.92 Å². The highest BCUT2D eigenvalue weighted by atomic mass is 32.1. The molecular formula is C6H16N2S. The number of hydrogen-bond donors (Lipinski definition) is 3. The molecule has 0 aliphatic heterocycles. The second-order valence-electron chi connectivity index (χ2n) is 2.20. The molecule has 4 N–H and O–H groups in total.